The molecular formula is C23H25IN2O4. The van der Waals surface area contributed by atoms with E-state index < -0.39 is 6.03 Å². The smallest absolute Gasteiger partial charge is 0.329 e. The monoisotopic (exact) mass is 520 g/mol. The SMILES string of the molecule is CCOc1cc(/C=C2/NC(=O)N(Cc3ccc(C)cc3)C2=O)cc(I)c1OC(C)C. The highest BCUT2D eigenvalue weighted by Gasteiger charge is 2.33. The van der Waals surface area contributed by atoms with Crippen LogP contribution in [0.25, 0.3) is 6.08 Å². The maximum absolute atomic E-state index is 12.8. The molecule has 6 nitrogen and oxygen atoms in total. The first-order valence-corrected chi connectivity index (χ1v) is 10.9. The Kier molecular flexibility index (Phi) is 7.02. The Hall–Kier alpha value is -2.55. The van der Waals surface area contributed by atoms with E-state index in [4.69, 9.17) is 9.47 Å². The summed E-state index contributed by atoms with van der Waals surface area (Å²) in [5, 5.41) is 2.68. The number of nitrogens with one attached hydrogen (secondary N) is 1. The molecule has 1 N–H and O–H groups in total. The van der Waals surface area contributed by atoms with Crippen molar-refractivity contribution in [3.8, 4) is 11.5 Å². The van der Waals surface area contributed by atoms with E-state index >= 15 is 0 Å². The van der Waals surface area contributed by atoms with Crippen molar-refractivity contribution >= 4 is 40.6 Å². The van der Waals surface area contributed by atoms with E-state index in [1.54, 1.807) is 6.08 Å². The highest BCUT2D eigenvalue weighted by molar-refractivity contribution is 14.1. The largest absolute Gasteiger partial charge is 0.490 e. The minimum atomic E-state index is -0.425. The second-order valence-corrected chi connectivity index (χ2v) is 8.46. The van der Waals surface area contributed by atoms with Gasteiger partial charge < -0.3 is 14.8 Å². The third kappa shape index (κ3) is 5.13. The average molecular weight is 520 g/mol. The van der Waals surface area contributed by atoms with E-state index in [0.29, 0.717) is 18.1 Å². The number of nitrogens with zero attached hydrogens (tertiary/aromatic N) is 1. The number of ether oxygens (including phenoxy) is 2. The summed E-state index contributed by atoms with van der Waals surface area (Å²) < 4.78 is 12.5. The first-order chi connectivity index (χ1) is 14.3. The molecule has 2 aromatic rings. The molecule has 0 spiro atoms. The van der Waals surface area contributed by atoms with Crippen LogP contribution in [-0.4, -0.2) is 29.5 Å². The van der Waals surface area contributed by atoms with Gasteiger partial charge in [-0.3, -0.25) is 9.69 Å². The van der Waals surface area contributed by atoms with E-state index in [1.807, 2.05) is 64.1 Å². The molecule has 1 aliphatic rings. The van der Waals surface area contributed by atoms with Gasteiger partial charge in [0.25, 0.3) is 5.91 Å². The topological polar surface area (TPSA) is 67.9 Å². The van der Waals surface area contributed by atoms with Gasteiger partial charge in [0, 0.05) is 0 Å². The van der Waals surface area contributed by atoms with Crippen molar-refractivity contribution in [2.24, 2.45) is 0 Å². The number of hydrogen-bond acceptors (Lipinski definition) is 4. The molecule has 30 heavy (non-hydrogen) atoms. The number of benzene rings is 2. The zero-order valence-corrected chi connectivity index (χ0v) is 19.6. The van der Waals surface area contributed by atoms with Crippen LogP contribution in [0.2, 0.25) is 0 Å². The molecule has 158 valence electrons. The van der Waals surface area contributed by atoms with Gasteiger partial charge in [-0.2, -0.15) is 0 Å². The molecule has 0 radical (unpaired) electrons. The van der Waals surface area contributed by atoms with Gasteiger partial charge in [0.15, 0.2) is 11.5 Å². The lowest BCUT2D eigenvalue weighted by molar-refractivity contribution is -0.123. The van der Waals surface area contributed by atoms with Crippen LogP contribution >= 0.6 is 22.6 Å². The number of aryl methyl sites for hydroxylation is 1. The quantitative estimate of drug-likeness (QED) is 0.321. The molecule has 2 aromatic carbocycles. The maximum Gasteiger partial charge on any atom is 0.329 e. The van der Waals surface area contributed by atoms with Crippen LogP contribution in [0.4, 0.5) is 4.79 Å². The molecule has 0 aromatic heterocycles. The summed E-state index contributed by atoms with van der Waals surface area (Å²) in [6.45, 7) is 8.53. The number of halogens is 1. The summed E-state index contributed by atoms with van der Waals surface area (Å²) in [6, 6.07) is 11.1. The molecule has 0 atom stereocenters. The number of amides is 3. The van der Waals surface area contributed by atoms with Gasteiger partial charge in [0.2, 0.25) is 0 Å². The molecule has 1 saturated heterocycles. The van der Waals surface area contributed by atoms with Crippen molar-refractivity contribution in [2.45, 2.75) is 40.3 Å². The molecule has 0 bridgehead atoms. The van der Waals surface area contributed by atoms with Crippen LogP contribution in [0.3, 0.4) is 0 Å². The minimum absolute atomic E-state index is 0.00737. The molecule has 0 saturated carbocycles. The van der Waals surface area contributed by atoms with E-state index in [-0.39, 0.29) is 24.3 Å². The first-order valence-electron chi connectivity index (χ1n) is 9.81. The fourth-order valence-corrected chi connectivity index (χ4v) is 3.79. The average Bonchev–Trinajstić information content (AvgIpc) is 2.93. The maximum atomic E-state index is 12.8. The summed E-state index contributed by atoms with van der Waals surface area (Å²) in [7, 11) is 0. The molecule has 3 rings (SSSR count). The third-order valence-corrected chi connectivity index (χ3v) is 5.22. The second kappa shape index (κ2) is 9.51. The number of rotatable bonds is 7. The normalized spacial score (nSPS) is 15.1. The number of carbonyl (C=O) groups is 2. The van der Waals surface area contributed by atoms with Gasteiger partial charge >= 0.3 is 6.03 Å². The number of urea groups is 1. The van der Waals surface area contributed by atoms with Gasteiger partial charge in [-0.25, -0.2) is 4.79 Å². The summed E-state index contributed by atoms with van der Waals surface area (Å²) in [5.41, 5.74) is 3.01. The Labute approximate surface area is 190 Å². The van der Waals surface area contributed by atoms with Crippen LogP contribution in [0, 0.1) is 10.5 Å². The molecule has 1 fully saturated rings. The van der Waals surface area contributed by atoms with Gasteiger partial charge in [-0.1, -0.05) is 29.8 Å². The Morgan fingerprint density at radius 3 is 2.50 bits per heavy atom. The van der Waals surface area contributed by atoms with E-state index in [2.05, 4.69) is 27.9 Å². The van der Waals surface area contributed by atoms with Crippen LogP contribution < -0.4 is 14.8 Å². The fraction of sp³-hybridized carbons (Fsp3) is 0.304. The van der Waals surface area contributed by atoms with Gasteiger partial charge in [-0.15, -0.1) is 0 Å². The molecule has 0 unspecified atom stereocenters. The van der Waals surface area contributed by atoms with E-state index in [1.165, 1.54) is 4.90 Å². The highest BCUT2D eigenvalue weighted by atomic mass is 127. The van der Waals surface area contributed by atoms with Gasteiger partial charge in [0.05, 0.1) is 22.8 Å². The lowest BCUT2D eigenvalue weighted by atomic mass is 10.1. The Morgan fingerprint density at radius 2 is 1.87 bits per heavy atom. The number of hydrogen-bond donors (Lipinski definition) is 1. The van der Waals surface area contributed by atoms with Gasteiger partial charge in [0.1, 0.15) is 5.70 Å². The fourth-order valence-electron chi connectivity index (χ4n) is 3.04. The number of carbonyl (C=O) groups excluding carboxylic acids is 2. The molecule has 7 heteroatoms. The minimum Gasteiger partial charge on any atom is -0.490 e. The second-order valence-electron chi connectivity index (χ2n) is 7.29. The van der Waals surface area contributed by atoms with E-state index in [0.717, 1.165) is 20.3 Å². The highest BCUT2D eigenvalue weighted by Crippen LogP contribution is 2.35. The zero-order valence-electron chi connectivity index (χ0n) is 17.5. The lowest BCUT2D eigenvalue weighted by Crippen LogP contribution is -2.30. The van der Waals surface area contributed by atoms with Crippen molar-refractivity contribution in [3.05, 3.63) is 62.4 Å². The molecule has 1 aliphatic heterocycles. The summed E-state index contributed by atoms with van der Waals surface area (Å²) in [5.74, 6) is 0.937. The number of imide groups is 1. The van der Waals surface area contributed by atoms with E-state index in [9.17, 15) is 9.59 Å². The molecular weight excluding hydrogens is 495 g/mol. The zero-order chi connectivity index (χ0) is 21.8. The van der Waals surface area contributed by atoms with Crippen molar-refractivity contribution in [2.75, 3.05) is 6.61 Å². The Balaban J connectivity index is 1.86. The predicted molar refractivity (Wildman–Crippen MR) is 124 cm³/mol. The Morgan fingerprint density at radius 1 is 1.17 bits per heavy atom. The Bertz CT molecular complexity index is 983. The first kappa shape index (κ1) is 22.1. The summed E-state index contributed by atoms with van der Waals surface area (Å²) in [6.07, 6.45) is 1.67. The summed E-state index contributed by atoms with van der Waals surface area (Å²) >= 11 is 2.19. The summed E-state index contributed by atoms with van der Waals surface area (Å²) in [4.78, 5) is 26.4. The van der Waals surface area contributed by atoms with Crippen LogP contribution in [-0.2, 0) is 11.3 Å². The third-order valence-electron chi connectivity index (χ3n) is 4.42. The molecule has 0 aliphatic carbocycles. The van der Waals surface area contributed by atoms with Crippen LogP contribution in [0.5, 0.6) is 11.5 Å². The van der Waals surface area contributed by atoms with Crippen molar-refractivity contribution in [3.63, 3.8) is 0 Å². The van der Waals surface area contributed by atoms with Crippen molar-refractivity contribution in [1.29, 1.82) is 0 Å². The molecule has 3 amide bonds. The van der Waals surface area contributed by atoms with Crippen LogP contribution in [0.1, 0.15) is 37.5 Å². The van der Waals surface area contributed by atoms with Crippen molar-refractivity contribution < 1.29 is 19.1 Å². The van der Waals surface area contributed by atoms with Gasteiger partial charge in [-0.05, 0) is 79.6 Å². The standard InChI is InChI=1S/C23H25IN2O4/c1-5-29-20-12-17(10-18(24)21(20)30-14(2)3)11-19-22(27)26(23(28)25-19)13-16-8-6-15(4)7-9-16/h6-12,14H,5,13H2,1-4H3,(H,25,28)/b19-11+. The predicted octanol–water partition coefficient (Wildman–Crippen LogP) is 4.88. The lowest BCUT2D eigenvalue weighted by Gasteiger charge is -2.17. The van der Waals surface area contributed by atoms with Crippen molar-refractivity contribution in [1.82, 2.24) is 10.2 Å². The molecule has 1 heterocycles. The van der Waals surface area contributed by atoms with Crippen LogP contribution in [0.15, 0.2) is 42.1 Å².